The fourth-order valence-electron chi connectivity index (χ4n) is 1.52. The summed E-state index contributed by atoms with van der Waals surface area (Å²) >= 11 is 7.25. The quantitative estimate of drug-likeness (QED) is 0.781. The molecule has 0 aliphatic carbocycles. The number of halogens is 1. The van der Waals surface area contributed by atoms with Crippen molar-refractivity contribution in [1.82, 2.24) is 4.98 Å². The summed E-state index contributed by atoms with van der Waals surface area (Å²) < 4.78 is 0.704. The number of piperidine rings is 1. The number of aliphatic hydroxyl groups is 1. The van der Waals surface area contributed by atoms with Crippen LogP contribution in [0.15, 0.2) is 6.20 Å². The normalized spacial score (nSPS) is 23.5. The Bertz CT molecular complexity index is 291. The molecule has 0 aromatic carbocycles. The van der Waals surface area contributed by atoms with Gasteiger partial charge in [-0.25, -0.2) is 4.98 Å². The van der Waals surface area contributed by atoms with Gasteiger partial charge in [0.15, 0.2) is 5.13 Å². The molecule has 1 atom stereocenters. The summed E-state index contributed by atoms with van der Waals surface area (Å²) in [6.45, 7) is 1.66. The van der Waals surface area contributed by atoms with Gasteiger partial charge in [-0.15, -0.1) is 0 Å². The molecule has 1 saturated heterocycles. The molecule has 1 N–H and O–H groups in total. The van der Waals surface area contributed by atoms with Gasteiger partial charge in [-0.1, -0.05) is 22.9 Å². The lowest BCUT2D eigenvalue weighted by Crippen LogP contribution is -2.38. The highest BCUT2D eigenvalue weighted by atomic mass is 35.5. The zero-order valence-electron chi connectivity index (χ0n) is 7.11. The molecule has 1 aliphatic heterocycles. The first kappa shape index (κ1) is 9.24. The average Bonchev–Trinajstić information content (AvgIpc) is 2.52. The lowest BCUT2D eigenvalue weighted by molar-refractivity contribution is 0.154. The van der Waals surface area contributed by atoms with E-state index in [2.05, 4.69) is 9.88 Å². The molecule has 1 fully saturated rings. The lowest BCUT2D eigenvalue weighted by Gasteiger charge is -2.29. The zero-order valence-corrected chi connectivity index (χ0v) is 8.68. The van der Waals surface area contributed by atoms with Crippen molar-refractivity contribution in [3.05, 3.63) is 10.5 Å². The minimum absolute atomic E-state index is 0.212. The molecule has 0 saturated carbocycles. The van der Waals surface area contributed by atoms with Crippen molar-refractivity contribution in [1.29, 1.82) is 0 Å². The molecule has 2 rings (SSSR count). The van der Waals surface area contributed by atoms with Gasteiger partial charge in [-0.3, -0.25) is 0 Å². The Morgan fingerprint density at radius 3 is 3.15 bits per heavy atom. The maximum Gasteiger partial charge on any atom is 0.186 e. The van der Waals surface area contributed by atoms with E-state index in [1.165, 1.54) is 11.3 Å². The summed E-state index contributed by atoms with van der Waals surface area (Å²) in [4.78, 5) is 6.26. The fraction of sp³-hybridized carbons (Fsp3) is 0.625. The third-order valence-corrected chi connectivity index (χ3v) is 3.31. The van der Waals surface area contributed by atoms with Crippen LogP contribution in [0.5, 0.6) is 0 Å². The molecule has 13 heavy (non-hydrogen) atoms. The van der Waals surface area contributed by atoms with Gasteiger partial charge in [-0.2, -0.15) is 0 Å². The van der Waals surface area contributed by atoms with Gasteiger partial charge in [0.05, 0.1) is 12.3 Å². The van der Waals surface area contributed by atoms with Gasteiger partial charge in [0.1, 0.15) is 4.34 Å². The number of thiazole rings is 1. The van der Waals surface area contributed by atoms with Crippen molar-refractivity contribution >= 4 is 28.1 Å². The van der Waals surface area contributed by atoms with Crippen molar-refractivity contribution in [2.24, 2.45) is 0 Å². The van der Waals surface area contributed by atoms with Crippen molar-refractivity contribution in [2.45, 2.75) is 18.9 Å². The van der Waals surface area contributed by atoms with Crippen LogP contribution < -0.4 is 4.90 Å². The van der Waals surface area contributed by atoms with Crippen LogP contribution in [0.4, 0.5) is 5.13 Å². The summed E-state index contributed by atoms with van der Waals surface area (Å²) in [6, 6.07) is 0. The van der Waals surface area contributed by atoms with E-state index in [1.54, 1.807) is 6.20 Å². The number of aromatic nitrogens is 1. The number of aliphatic hydroxyl groups excluding tert-OH is 1. The first-order valence-electron chi connectivity index (χ1n) is 4.30. The summed E-state index contributed by atoms with van der Waals surface area (Å²) in [5.74, 6) is 0. The van der Waals surface area contributed by atoms with Gasteiger partial charge < -0.3 is 10.0 Å². The molecule has 2 heterocycles. The molecule has 0 radical (unpaired) electrons. The molecule has 0 spiro atoms. The third kappa shape index (κ3) is 2.13. The van der Waals surface area contributed by atoms with Crippen LogP contribution in [-0.4, -0.2) is 29.3 Å². The summed E-state index contributed by atoms with van der Waals surface area (Å²) in [5, 5.41) is 10.4. The van der Waals surface area contributed by atoms with E-state index in [0.29, 0.717) is 10.9 Å². The van der Waals surface area contributed by atoms with Gasteiger partial charge in [-0.05, 0) is 12.8 Å². The van der Waals surface area contributed by atoms with Crippen molar-refractivity contribution < 1.29 is 5.11 Å². The second-order valence-corrected chi connectivity index (χ2v) is 4.83. The third-order valence-electron chi connectivity index (χ3n) is 2.13. The monoisotopic (exact) mass is 218 g/mol. The molecule has 72 valence electrons. The molecule has 1 aromatic heterocycles. The second kappa shape index (κ2) is 3.82. The number of hydrogen-bond acceptors (Lipinski definition) is 4. The smallest absolute Gasteiger partial charge is 0.186 e. The molecule has 0 bridgehead atoms. The highest BCUT2D eigenvalue weighted by molar-refractivity contribution is 7.19. The minimum atomic E-state index is -0.212. The molecule has 1 aromatic rings. The topological polar surface area (TPSA) is 36.4 Å². The van der Waals surface area contributed by atoms with Crippen LogP contribution in [0, 0.1) is 0 Å². The number of anilines is 1. The summed E-state index contributed by atoms with van der Waals surface area (Å²) in [6.07, 6.45) is 3.37. The largest absolute Gasteiger partial charge is 0.391 e. The Morgan fingerprint density at radius 2 is 2.54 bits per heavy atom. The van der Waals surface area contributed by atoms with E-state index in [-0.39, 0.29) is 6.10 Å². The lowest BCUT2D eigenvalue weighted by atomic mass is 10.1. The Labute approximate surface area is 86.0 Å². The van der Waals surface area contributed by atoms with Gasteiger partial charge in [0.25, 0.3) is 0 Å². The molecule has 1 aliphatic rings. The van der Waals surface area contributed by atoms with Crippen molar-refractivity contribution in [3.8, 4) is 0 Å². The average molecular weight is 219 g/mol. The Kier molecular flexibility index (Phi) is 2.71. The second-order valence-electron chi connectivity index (χ2n) is 3.19. The van der Waals surface area contributed by atoms with E-state index in [0.717, 1.165) is 24.5 Å². The first-order valence-corrected chi connectivity index (χ1v) is 5.49. The van der Waals surface area contributed by atoms with Crippen LogP contribution in [0.25, 0.3) is 0 Å². The van der Waals surface area contributed by atoms with Crippen LogP contribution in [0.2, 0.25) is 4.34 Å². The molecule has 0 unspecified atom stereocenters. The summed E-state index contributed by atoms with van der Waals surface area (Å²) in [5.41, 5.74) is 0. The standard InChI is InChI=1S/C8H11ClN2OS/c9-7-4-10-8(13-7)11-3-1-2-6(12)5-11/h4,6,12H,1-3,5H2/t6-/m0/s1. The Morgan fingerprint density at radius 1 is 1.69 bits per heavy atom. The van der Waals surface area contributed by atoms with Gasteiger partial charge >= 0.3 is 0 Å². The van der Waals surface area contributed by atoms with E-state index in [9.17, 15) is 5.11 Å². The predicted molar refractivity (Wildman–Crippen MR) is 54.6 cm³/mol. The highest BCUT2D eigenvalue weighted by Crippen LogP contribution is 2.28. The Hall–Kier alpha value is -0.320. The maximum atomic E-state index is 9.45. The summed E-state index contributed by atoms with van der Waals surface area (Å²) in [7, 11) is 0. The van der Waals surface area contributed by atoms with Gasteiger partial charge in [0, 0.05) is 13.1 Å². The number of hydrogen-bond donors (Lipinski definition) is 1. The van der Waals surface area contributed by atoms with E-state index < -0.39 is 0 Å². The SMILES string of the molecule is O[C@H]1CCCN(c2ncc(Cl)s2)C1. The fourth-order valence-corrected chi connectivity index (χ4v) is 2.46. The number of rotatable bonds is 1. The van der Waals surface area contributed by atoms with Crippen LogP contribution in [-0.2, 0) is 0 Å². The molecular formula is C8H11ClN2OS. The number of nitrogens with zero attached hydrogens (tertiary/aromatic N) is 2. The van der Waals surface area contributed by atoms with Crippen molar-refractivity contribution in [3.63, 3.8) is 0 Å². The molecular weight excluding hydrogens is 208 g/mol. The van der Waals surface area contributed by atoms with Crippen LogP contribution in [0.1, 0.15) is 12.8 Å². The number of β-amino-alcohol motifs (C(OH)–C–C–N with tert-alkyl or cyclic N) is 1. The first-order chi connectivity index (χ1) is 6.25. The molecule has 3 nitrogen and oxygen atoms in total. The van der Waals surface area contributed by atoms with E-state index in [1.807, 2.05) is 0 Å². The van der Waals surface area contributed by atoms with Crippen molar-refractivity contribution in [2.75, 3.05) is 18.0 Å². The molecule has 5 heteroatoms. The predicted octanol–water partition coefficient (Wildman–Crippen LogP) is 1.76. The maximum absolute atomic E-state index is 9.45. The molecule has 0 amide bonds. The van der Waals surface area contributed by atoms with Gasteiger partial charge in [0.2, 0.25) is 0 Å². The van der Waals surface area contributed by atoms with E-state index in [4.69, 9.17) is 11.6 Å². The zero-order chi connectivity index (χ0) is 9.26. The van der Waals surface area contributed by atoms with Crippen LogP contribution in [0.3, 0.4) is 0 Å². The minimum Gasteiger partial charge on any atom is -0.391 e. The van der Waals surface area contributed by atoms with E-state index >= 15 is 0 Å². The highest BCUT2D eigenvalue weighted by Gasteiger charge is 2.19. The van der Waals surface area contributed by atoms with Crippen LogP contribution >= 0.6 is 22.9 Å². The Balaban J connectivity index is 2.08.